The predicted octanol–water partition coefficient (Wildman–Crippen LogP) is 2.14. The molecule has 1 aromatic carbocycles. The highest BCUT2D eigenvalue weighted by atomic mass is 127. The predicted molar refractivity (Wildman–Crippen MR) is 127 cm³/mol. The third kappa shape index (κ3) is 8.53. The molecule has 10 heteroatoms. The lowest BCUT2D eigenvalue weighted by Crippen LogP contribution is -2.45. The summed E-state index contributed by atoms with van der Waals surface area (Å²) in [6, 6.07) is 8.70. The highest BCUT2D eigenvalue weighted by molar-refractivity contribution is 14.0. The standard InChI is InChI=1S/C17H28BrN5O2S.HI/c1-3-26(24,25)21-11-4-10-20-17(19-2)22-15-9-12-23(13-15)16-7-5-14(18)6-8-16;/h5-8,15,21H,3-4,9-13H2,1-2H3,(H2,19,20,22);1H. The number of aliphatic imine (C=N–C) groups is 1. The van der Waals surface area contributed by atoms with Crippen LogP contribution in [0.5, 0.6) is 0 Å². The van der Waals surface area contributed by atoms with Crippen LogP contribution < -0.4 is 20.3 Å². The van der Waals surface area contributed by atoms with Gasteiger partial charge in [-0.2, -0.15) is 0 Å². The van der Waals surface area contributed by atoms with Gasteiger partial charge < -0.3 is 15.5 Å². The second-order valence-electron chi connectivity index (χ2n) is 6.20. The first-order valence-electron chi connectivity index (χ1n) is 8.88. The fourth-order valence-corrected chi connectivity index (χ4v) is 3.70. The third-order valence-electron chi connectivity index (χ3n) is 4.29. The van der Waals surface area contributed by atoms with Crippen molar-refractivity contribution in [3.05, 3.63) is 28.7 Å². The minimum atomic E-state index is -3.11. The number of sulfonamides is 1. The lowest BCUT2D eigenvalue weighted by molar-refractivity contribution is 0.579. The van der Waals surface area contributed by atoms with E-state index in [2.05, 4.69) is 65.4 Å². The Hall–Kier alpha value is -0.590. The smallest absolute Gasteiger partial charge is 0.211 e. The highest BCUT2D eigenvalue weighted by Crippen LogP contribution is 2.22. The largest absolute Gasteiger partial charge is 0.369 e. The molecular formula is C17H29BrIN5O2S. The number of rotatable bonds is 8. The van der Waals surface area contributed by atoms with Gasteiger partial charge in [0.1, 0.15) is 0 Å². The molecule has 154 valence electrons. The molecule has 0 saturated carbocycles. The molecule has 27 heavy (non-hydrogen) atoms. The van der Waals surface area contributed by atoms with Crippen LogP contribution in [-0.4, -0.2) is 59.4 Å². The number of guanidine groups is 1. The number of benzene rings is 1. The Morgan fingerprint density at radius 1 is 1.30 bits per heavy atom. The fourth-order valence-electron chi connectivity index (χ4n) is 2.78. The first kappa shape index (κ1) is 24.4. The van der Waals surface area contributed by atoms with E-state index in [9.17, 15) is 8.42 Å². The van der Waals surface area contributed by atoms with Gasteiger partial charge in [-0.15, -0.1) is 24.0 Å². The van der Waals surface area contributed by atoms with Gasteiger partial charge in [0.2, 0.25) is 10.0 Å². The van der Waals surface area contributed by atoms with Crippen molar-refractivity contribution in [1.29, 1.82) is 0 Å². The van der Waals surface area contributed by atoms with E-state index in [0.29, 0.717) is 25.6 Å². The van der Waals surface area contributed by atoms with Crippen molar-refractivity contribution in [2.45, 2.75) is 25.8 Å². The van der Waals surface area contributed by atoms with Crippen LogP contribution in [0.4, 0.5) is 5.69 Å². The monoisotopic (exact) mass is 573 g/mol. The molecule has 1 aliphatic rings. The van der Waals surface area contributed by atoms with Crippen LogP contribution in [0.2, 0.25) is 0 Å². The molecule has 1 aromatic rings. The Bertz CT molecular complexity index is 700. The maximum absolute atomic E-state index is 11.4. The Morgan fingerprint density at radius 2 is 2.00 bits per heavy atom. The summed E-state index contributed by atoms with van der Waals surface area (Å²) in [5, 5.41) is 6.69. The third-order valence-corrected chi connectivity index (χ3v) is 6.23. The molecule has 0 bridgehead atoms. The maximum Gasteiger partial charge on any atom is 0.211 e. The van der Waals surface area contributed by atoms with Crippen molar-refractivity contribution in [2.24, 2.45) is 4.99 Å². The van der Waals surface area contributed by atoms with Crippen molar-refractivity contribution in [2.75, 3.05) is 43.9 Å². The molecule has 1 saturated heterocycles. The van der Waals surface area contributed by atoms with Gasteiger partial charge in [0, 0.05) is 49.4 Å². The maximum atomic E-state index is 11.4. The molecule has 1 unspecified atom stereocenters. The summed E-state index contributed by atoms with van der Waals surface area (Å²) in [5.41, 5.74) is 1.23. The minimum absolute atomic E-state index is 0. The Balaban J connectivity index is 0.00000364. The van der Waals surface area contributed by atoms with Gasteiger partial charge in [0.25, 0.3) is 0 Å². The van der Waals surface area contributed by atoms with Crippen molar-refractivity contribution in [3.63, 3.8) is 0 Å². The van der Waals surface area contributed by atoms with Gasteiger partial charge >= 0.3 is 0 Å². The molecule has 7 nitrogen and oxygen atoms in total. The number of nitrogens with one attached hydrogen (secondary N) is 3. The van der Waals surface area contributed by atoms with Crippen LogP contribution in [-0.2, 0) is 10.0 Å². The molecule has 0 spiro atoms. The van der Waals surface area contributed by atoms with Gasteiger partial charge in [-0.1, -0.05) is 15.9 Å². The summed E-state index contributed by atoms with van der Waals surface area (Å²) in [5.74, 6) is 0.867. The average molecular weight is 574 g/mol. The van der Waals surface area contributed by atoms with Crippen molar-refractivity contribution in [1.82, 2.24) is 15.4 Å². The number of anilines is 1. The molecule has 0 radical (unpaired) electrons. The molecule has 1 fully saturated rings. The normalized spacial score (nSPS) is 17.5. The SMILES string of the molecule is CCS(=O)(=O)NCCCNC(=NC)NC1CCN(c2ccc(Br)cc2)C1.I. The molecule has 0 aliphatic carbocycles. The van der Waals surface area contributed by atoms with Crippen LogP contribution in [0.25, 0.3) is 0 Å². The summed E-state index contributed by atoms with van der Waals surface area (Å²) < 4.78 is 26.4. The van der Waals surface area contributed by atoms with E-state index in [0.717, 1.165) is 29.9 Å². The molecule has 0 amide bonds. The molecule has 1 aliphatic heterocycles. The first-order chi connectivity index (χ1) is 12.4. The zero-order valence-corrected chi connectivity index (χ0v) is 20.5. The van der Waals surface area contributed by atoms with E-state index in [1.54, 1.807) is 14.0 Å². The van der Waals surface area contributed by atoms with E-state index in [1.165, 1.54) is 5.69 Å². The van der Waals surface area contributed by atoms with Crippen LogP contribution in [0.3, 0.4) is 0 Å². The number of halogens is 2. The molecule has 0 aromatic heterocycles. The first-order valence-corrected chi connectivity index (χ1v) is 11.3. The number of nitrogens with zero attached hydrogens (tertiary/aromatic N) is 2. The van der Waals surface area contributed by atoms with Gasteiger partial charge in [-0.3, -0.25) is 4.99 Å². The van der Waals surface area contributed by atoms with Crippen LogP contribution >= 0.6 is 39.9 Å². The van der Waals surface area contributed by atoms with Crippen molar-refractivity contribution >= 4 is 61.6 Å². The number of hydrogen-bond donors (Lipinski definition) is 3. The summed E-state index contributed by atoms with van der Waals surface area (Å²) >= 11 is 3.47. The molecule has 1 heterocycles. The topological polar surface area (TPSA) is 85.8 Å². The van der Waals surface area contributed by atoms with Crippen molar-refractivity contribution < 1.29 is 8.42 Å². The molecule has 3 N–H and O–H groups in total. The van der Waals surface area contributed by atoms with E-state index >= 15 is 0 Å². The average Bonchev–Trinajstić information content (AvgIpc) is 3.09. The van der Waals surface area contributed by atoms with Crippen LogP contribution in [0, 0.1) is 0 Å². The molecular weight excluding hydrogens is 545 g/mol. The zero-order valence-electron chi connectivity index (χ0n) is 15.7. The molecule has 2 rings (SSSR count). The van der Waals surface area contributed by atoms with E-state index in [1.807, 2.05) is 0 Å². The second kappa shape index (κ2) is 12.1. The summed E-state index contributed by atoms with van der Waals surface area (Å²) in [7, 11) is -1.37. The summed E-state index contributed by atoms with van der Waals surface area (Å²) in [6.45, 7) is 4.66. The van der Waals surface area contributed by atoms with Crippen LogP contribution in [0.1, 0.15) is 19.8 Å². The van der Waals surface area contributed by atoms with Gasteiger partial charge in [-0.25, -0.2) is 13.1 Å². The zero-order chi connectivity index (χ0) is 19.0. The lowest BCUT2D eigenvalue weighted by Gasteiger charge is -2.20. The Kier molecular flexibility index (Phi) is 10.9. The summed E-state index contributed by atoms with van der Waals surface area (Å²) in [4.78, 5) is 6.61. The van der Waals surface area contributed by atoms with E-state index in [-0.39, 0.29) is 29.7 Å². The Labute approximate surface area is 188 Å². The van der Waals surface area contributed by atoms with E-state index < -0.39 is 10.0 Å². The summed E-state index contributed by atoms with van der Waals surface area (Å²) in [6.07, 6.45) is 1.75. The minimum Gasteiger partial charge on any atom is -0.369 e. The Morgan fingerprint density at radius 3 is 2.63 bits per heavy atom. The number of hydrogen-bond acceptors (Lipinski definition) is 4. The van der Waals surface area contributed by atoms with Crippen LogP contribution in [0.15, 0.2) is 33.7 Å². The highest BCUT2D eigenvalue weighted by Gasteiger charge is 2.23. The molecule has 1 atom stereocenters. The quantitative estimate of drug-likeness (QED) is 0.192. The lowest BCUT2D eigenvalue weighted by atomic mass is 10.2. The van der Waals surface area contributed by atoms with Crippen molar-refractivity contribution in [3.8, 4) is 0 Å². The van der Waals surface area contributed by atoms with Gasteiger partial charge in [0.15, 0.2) is 5.96 Å². The van der Waals surface area contributed by atoms with E-state index in [4.69, 9.17) is 0 Å². The second-order valence-corrected chi connectivity index (χ2v) is 9.21. The van der Waals surface area contributed by atoms with Gasteiger partial charge in [0.05, 0.1) is 5.75 Å². The van der Waals surface area contributed by atoms with Gasteiger partial charge in [-0.05, 0) is 44.0 Å². The fraction of sp³-hybridized carbons (Fsp3) is 0.588.